The van der Waals surface area contributed by atoms with Gasteiger partial charge in [-0.15, -0.1) is 11.8 Å². The zero-order valence-electron chi connectivity index (χ0n) is 15.4. The van der Waals surface area contributed by atoms with E-state index in [4.69, 9.17) is 21.3 Å². The van der Waals surface area contributed by atoms with E-state index in [0.717, 1.165) is 38.9 Å². The molecule has 4 nitrogen and oxygen atoms in total. The minimum Gasteiger partial charge on any atom is -0.482 e. The van der Waals surface area contributed by atoms with E-state index in [-0.39, 0.29) is 17.8 Å². The van der Waals surface area contributed by atoms with Crippen LogP contribution in [0.3, 0.4) is 0 Å². The van der Waals surface area contributed by atoms with Gasteiger partial charge in [0.25, 0.3) is 5.91 Å². The Labute approximate surface area is 178 Å². The minimum atomic E-state index is -0.146. The molecule has 1 amide bonds. The Hall–Kier alpha value is -2.76. The molecular weight excluding hydrogens is 404 g/mol. The van der Waals surface area contributed by atoms with Gasteiger partial charge in [0.05, 0.1) is 11.4 Å². The Kier molecular flexibility index (Phi) is 4.78. The highest BCUT2D eigenvalue weighted by Gasteiger charge is 2.25. The maximum absolute atomic E-state index is 11.7. The number of carbonyl (C=O) groups is 1. The summed E-state index contributed by atoms with van der Waals surface area (Å²) in [7, 11) is 0. The molecule has 1 unspecified atom stereocenters. The van der Waals surface area contributed by atoms with E-state index in [0.29, 0.717) is 11.4 Å². The third-order valence-electron chi connectivity index (χ3n) is 4.97. The van der Waals surface area contributed by atoms with Crippen molar-refractivity contribution in [1.82, 2.24) is 0 Å². The quantitative estimate of drug-likeness (QED) is 0.550. The fourth-order valence-electron chi connectivity index (χ4n) is 3.57. The van der Waals surface area contributed by atoms with Crippen molar-refractivity contribution in [3.05, 3.63) is 82.9 Å². The predicted molar refractivity (Wildman–Crippen MR) is 118 cm³/mol. The van der Waals surface area contributed by atoms with Crippen LogP contribution in [-0.4, -0.2) is 18.2 Å². The van der Waals surface area contributed by atoms with Gasteiger partial charge in [0, 0.05) is 27.3 Å². The van der Waals surface area contributed by atoms with Gasteiger partial charge in [0.2, 0.25) is 0 Å². The highest BCUT2D eigenvalue weighted by molar-refractivity contribution is 7.99. The molecule has 0 spiro atoms. The second kappa shape index (κ2) is 7.58. The summed E-state index contributed by atoms with van der Waals surface area (Å²) in [4.78, 5) is 17.8. The molecule has 5 rings (SSSR count). The summed E-state index contributed by atoms with van der Waals surface area (Å²) in [6.07, 6.45) is 0.719. The van der Waals surface area contributed by atoms with Crippen LogP contribution in [0.25, 0.3) is 0 Å². The molecule has 2 heterocycles. The van der Waals surface area contributed by atoms with Crippen molar-refractivity contribution < 1.29 is 9.53 Å². The van der Waals surface area contributed by atoms with Crippen molar-refractivity contribution in [2.45, 2.75) is 16.6 Å². The lowest BCUT2D eigenvalue weighted by Gasteiger charge is -2.20. The first kappa shape index (κ1) is 18.3. The number of amides is 1. The molecule has 2 aliphatic heterocycles. The molecular formula is C23H17ClN2O2S. The van der Waals surface area contributed by atoms with Gasteiger partial charge in [-0.2, -0.15) is 0 Å². The number of para-hydroxylation sites is 1. The minimum absolute atomic E-state index is 0.0475. The molecule has 0 fully saturated rings. The van der Waals surface area contributed by atoms with E-state index in [1.54, 1.807) is 11.8 Å². The average molecular weight is 421 g/mol. The largest absolute Gasteiger partial charge is 0.482 e. The predicted octanol–water partition coefficient (Wildman–Crippen LogP) is 6.03. The molecule has 144 valence electrons. The molecule has 6 heteroatoms. The number of thioether (sulfide) groups is 1. The highest BCUT2D eigenvalue weighted by Crippen LogP contribution is 2.47. The first-order chi connectivity index (χ1) is 14.2. The molecule has 3 aromatic rings. The molecule has 2 aliphatic rings. The van der Waals surface area contributed by atoms with E-state index >= 15 is 0 Å². The number of hydrogen-bond acceptors (Lipinski definition) is 4. The van der Waals surface area contributed by atoms with Crippen molar-refractivity contribution in [2.75, 3.05) is 11.9 Å². The van der Waals surface area contributed by atoms with Crippen molar-refractivity contribution in [3.8, 4) is 5.75 Å². The highest BCUT2D eigenvalue weighted by atomic mass is 35.5. The summed E-state index contributed by atoms with van der Waals surface area (Å²) in [5.74, 6) is 0.535. The smallest absolute Gasteiger partial charge is 0.262 e. The van der Waals surface area contributed by atoms with Gasteiger partial charge in [-0.1, -0.05) is 41.9 Å². The zero-order chi connectivity index (χ0) is 19.8. The van der Waals surface area contributed by atoms with Crippen molar-refractivity contribution in [1.29, 1.82) is 0 Å². The number of anilines is 1. The van der Waals surface area contributed by atoms with Crippen molar-refractivity contribution >= 4 is 46.4 Å². The number of carbonyl (C=O) groups excluding carboxylic acids is 1. The molecule has 0 saturated carbocycles. The summed E-state index contributed by atoms with van der Waals surface area (Å²) < 4.78 is 5.49. The van der Waals surface area contributed by atoms with E-state index in [2.05, 4.69) is 17.4 Å². The third kappa shape index (κ3) is 3.63. The molecule has 0 radical (unpaired) electrons. The number of halogens is 1. The van der Waals surface area contributed by atoms with Gasteiger partial charge in [-0.25, -0.2) is 0 Å². The van der Waals surface area contributed by atoms with Crippen LogP contribution < -0.4 is 10.1 Å². The number of rotatable bonds is 2. The van der Waals surface area contributed by atoms with Crippen molar-refractivity contribution in [2.24, 2.45) is 4.99 Å². The molecule has 1 N–H and O–H groups in total. The van der Waals surface area contributed by atoms with Crippen LogP contribution in [-0.2, 0) is 4.79 Å². The van der Waals surface area contributed by atoms with Crippen LogP contribution in [0.4, 0.5) is 11.4 Å². The summed E-state index contributed by atoms with van der Waals surface area (Å²) >= 11 is 8.30. The van der Waals surface area contributed by atoms with Gasteiger partial charge in [0.15, 0.2) is 6.61 Å². The molecule has 0 saturated heterocycles. The van der Waals surface area contributed by atoms with Gasteiger partial charge in [-0.3, -0.25) is 9.79 Å². The van der Waals surface area contributed by atoms with Crippen LogP contribution in [0, 0.1) is 0 Å². The lowest BCUT2D eigenvalue weighted by Crippen LogP contribution is -2.25. The SMILES string of the molecule is O=C1COc2ccc(C3=Nc4ccccc4SC(c4ccccc4Cl)C3)cc2N1. The molecule has 0 aromatic heterocycles. The Morgan fingerprint density at radius 3 is 2.79 bits per heavy atom. The Bertz CT molecular complexity index is 1150. The average Bonchev–Trinajstić information content (AvgIpc) is 2.93. The lowest BCUT2D eigenvalue weighted by atomic mass is 10.00. The van der Waals surface area contributed by atoms with Crippen molar-refractivity contribution in [3.63, 3.8) is 0 Å². The summed E-state index contributed by atoms with van der Waals surface area (Å²) in [6.45, 7) is 0.0475. The first-order valence-electron chi connectivity index (χ1n) is 9.32. The number of fused-ring (bicyclic) bond motifs is 2. The Morgan fingerprint density at radius 1 is 1.07 bits per heavy atom. The number of nitrogens with one attached hydrogen (secondary N) is 1. The van der Waals surface area contributed by atoms with E-state index in [1.807, 2.05) is 54.6 Å². The van der Waals surface area contributed by atoms with Crippen LogP contribution in [0.15, 0.2) is 76.6 Å². The van der Waals surface area contributed by atoms with E-state index in [1.165, 1.54) is 0 Å². The number of aliphatic imine (C=N–C) groups is 1. The topological polar surface area (TPSA) is 50.7 Å². The number of nitrogens with zero attached hydrogens (tertiary/aromatic N) is 1. The normalized spacial score (nSPS) is 17.9. The summed E-state index contributed by atoms with van der Waals surface area (Å²) in [5.41, 5.74) is 4.64. The molecule has 0 bridgehead atoms. The van der Waals surface area contributed by atoms with Gasteiger partial charge >= 0.3 is 0 Å². The zero-order valence-corrected chi connectivity index (χ0v) is 17.0. The van der Waals surface area contributed by atoms with Gasteiger partial charge in [-0.05, 0) is 47.5 Å². The standard InChI is InChI=1S/C23H17ClN2O2S/c24-16-6-2-1-5-15(16)22-12-18(25-17-7-3-4-8-21(17)29-22)14-9-10-20-19(11-14)26-23(27)13-28-20/h1-11,22H,12-13H2,(H,26,27). The second-order valence-electron chi connectivity index (χ2n) is 6.91. The van der Waals surface area contributed by atoms with E-state index < -0.39 is 0 Å². The molecule has 29 heavy (non-hydrogen) atoms. The Balaban J connectivity index is 1.60. The maximum atomic E-state index is 11.7. The third-order valence-corrected chi connectivity index (χ3v) is 6.61. The molecule has 1 atom stereocenters. The van der Waals surface area contributed by atoms with Crippen LogP contribution in [0.5, 0.6) is 5.75 Å². The fourth-order valence-corrected chi connectivity index (χ4v) is 5.17. The van der Waals surface area contributed by atoms with Crippen LogP contribution in [0.2, 0.25) is 5.02 Å². The van der Waals surface area contributed by atoms with Crippen LogP contribution >= 0.6 is 23.4 Å². The number of ether oxygens (including phenoxy) is 1. The first-order valence-corrected chi connectivity index (χ1v) is 10.6. The maximum Gasteiger partial charge on any atom is 0.262 e. The number of benzene rings is 3. The van der Waals surface area contributed by atoms with Gasteiger partial charge < -0.3 is 10.1 Å². The van der Waals surface area contributed by atoms with Gasteiger partial charge in [0.1, 0.15) is 5.75 Å². The number of hydrogen-bond donors (Lipinski definition) is 1. The fraction of sp³-hybridized carbons (Fsp3) is 0.130. The summed E-state index contributed by atoms with van der Waals surface area (Å²) in [5, 5.41) is 3.77. The van der Waals surface area contributed by atoms with E-state index in [9.17, 15) is 4.79 Å². The summed E-state index contributed by atoms with van der Waals surface area (Å²) in [6, 6.07) is 21.9. The molecule has 3 aromatic carbocycles. The second-order valence-corrected chi connectivity index (χ2v) is 8.56. The lowest BCUT2D eigenvalue weighted by molar-refractivity contribution is -0.118. The molecule has 0 aliphatic carbocycles. The van der Waals surface area contributed by atoms with Crippen LogP contribution in [0.1, 0.15) is 22.8 Å². The Morgan fingerprint density at radius 2 is 1.90 bits per heavy atom. The monoisotopic (exact) mass is 420 g/mol.